The average molecular weight is 426 g/mol. The average Bonchev–Trinajstić information content (AvgIpc) is 3.41. The van der Waals surface area contributed by atoms with Gasteiger partial charge in [0.25, 0.3) is 0 Å². The Kier molecular flexibility index (Phi) is 5.92. The first-order valence-corrected chi connectivity index (χ1v) is 10.4. The molecule has 1 aliphatic rings. The molecule has 1 N–H and O–H groups in total. The molecule has 0 saturated carbocycles. The van der Waals surface area contributed by atoms with Gasteiger partial charge in [-0.3, -0.25) is 0 Å². The number of rotatable bonds is 7. The second-order valence-electron chi connectivity index (χ2n) is 8.18. The minimum Gasteiger partial charge on any atom is -0.497 e. The highest BCUT2D eigenvalue weighted by Crippen LogP contribution is 2.35. The fourth-order valence-electron chi connectivity index (χ4n) is 3.88. The lowest BCUT2D eigenvalue weighted by Gasteiger charge is -2.31. The summed E-state index contributed by atoms with van der Waals surface area (Å²) in [4.78, 5) is 18.6. The number of carboxylic acids is 1. The van der Waals surface area contributed by atoms with E-state index < -0.39 is 5.97 Å². The number of benzene rings is 1. The van der Waals surface area contributed by atoms with E-state index in [4.69, 9.17) is 13.8 Å². The van der Waals surface area contributed by atoms with Gasteiger partial charge in [-0.15, -0.1) is 0 Å². The number of carboxylic acid groups (broad SMARTS) is 1. The lowest BCUT2D eigenvalue weighted by atomic mass is 9.97. The molecule has 31 heavy (non-hydrogen) atoms. The van der Waals surface area contributed by atoms with Crippen LogP contribution in [0.15, 0.2) is 33.3 Å². The summed E-state index contributed by atoms with van der Waals surface area (Å²) in [5, 5.41) is 18.1. The van der Waals surface area contributed by atoms with Crippen molar-refractivity contribution in [3.05, 3.63) is 41.5 Å². The van der Waals surface area contributed by atoms with Gasteiger partial charge in [-0.1, -0.05) is 24.2 Å². The summed E-state index contributed by atoms with van der Waals surface area (Å²) in [5.74, 6) is 1.90. The molecule has 1 saturated heterocycles. The molecule has 1 unspecified atom stereocenters. The molecule has 0 bridgehead atoms. The van der Waals surface area contributed by atoms with Gasteiger partial charge in [0.2, 0.25) is 5.89 Å². The van der Waals surface area contributed by atoms with Gasteiger partial charge in [0.15, 0.2) is 23.0 Å². The molecule has 2 aromatic heterocycles. The minimum absolute atomic E-state index is 0.0185. The van der Waals surface area contributed by atoms with Gasteiger partial charge in [0.1, 0.15) is 5.75 Å². The van der Waals surface area contributed by atoms with Crippen molar-refractivity contribution in [1.29, 1.82) is 0 Å². The monoisotopic (exact) mass is 426 g/mol. The van der Waals surface area contributed by atoms with E-state index in [-0.39, 0.29) is 17.2 Å². The summed E-state index contributed by atoms with van der Waals surface area (Å²) < 4.78 is 16.2. The summed E-state index contributed by atoms with van der Waals surface area (Å²) in [5.41, 5.74) is 0.678. The van der Waals surface area contributed by atoms with Gasteiger partial charge < -0.3 is 23.8 Å². The molecule has 9 heteroatoms. The summed E-state index contributed by atoms with van der Waals surface area (Å²) >= 11 is 0. The normalized spacial score (nSPS) is 16.6. The Labute approximate surface area is 180 Å². The van der Waals surface area contributed by atoms with Crippen molar-refractivity contribution in [2.45, 2.75) is 39.0 Å². The van der Waals surface area contributed by atoms with Crippen LogP contribution in [0, 0.1) is 5.92 Å². The van der Waals surface area contributed by atoms with E-state index in [1.807, 2.05) is 4.90 Å². The van der Waals surface area contributed by atoms with Gasteiger partial charge in [-0.25, -0.2) is 4.79 Å². The maximum absolute atomic E-state index is 12.1. The lowest BCUT2D eigenvalue weighted by Crippen LogP contribution is -2.35. The number of anilines is 1. The third-order valence-electron chi connectivity index (χ3n) is 5.38. The van der Waals surface area contributed by atoms with Crippen LogP contribution in [0.1, 0.15) is 54.7 Å². The lowest BCUT2D eigenvalue weighted by molar-refractivity contribution is 0.0697. The zero-order chi connectivity index (χ0) is 22.0. The standard InChI is InChI=1S/C22H26N4O5/c1-13(2)11-17-23-21(31-24-17)15-5-4-10-26(12-15)20-18(22(27)28)19(30-25-20)14-6-8-16(29-3)9-7-14/h6-9,13,15H,4-5,10-12H2,1-3H3,(H,27,28). The number of aromatic carboxylic acids is 1. The number of methoxy groups -OCH3 is 1. The molecule has 1 aliphatic heterocycles. The van der Waals surface area contributed by atoms with Crippen molar-refractivity contribution in [1.82, 2.24) is 15.3 Å². The van der Waals surface area contributed by atoms with Crippen molar-refractivity contribution >= 4 is 11.8 Å². The first-order valence-electron chi connectivity index (χ1n) is 10.4. The van der Waals surface area contributed by atoms with E-state index in [1.54, 1.807) is 31.4 Å². The highest BCUT2D eigenvalue weighted by atomic mass is 16.5. The fourth-order valence-corrected chi connectivity index (χ4v) is 3.88. The highest BCUT2D eigenvalue weighted by molar-refractivity contribution is 5.99. The maximum atomic E-state index is 12.1. The van der Waals surface area contributed by atoms with Crippen molar-refractivity contribution < 1.29 is 23.7 Å². The largest absolute Gasteiger partial charge is 0.497 e. The van der Waals surface area contributed by atoms with E-state index in [0.29, 0.717) is 47.9 Å². The molecule has 3 heterocycles. The van der Waals surface area contributed by atoms with Gasteiger partial charge in [-0.05, 0) is 43.0 Å². The minimum atomic E-state index is -1.08. The third-order valence-corrected chi connectivity index (χ3v) is 5.38. The molecule has 0 aliphatic carbocycles. The van der Waals surface area contributed by atoms with E-state index >= 15 is 0 Å². The smallest absolute Gasteiger partial charge is 0.343 e. The van der Waals surface area contributed by atoms with Crippen molar-refractivity contribution in [2.24, 2.45) is 5.92 Å². The second kappa shape index (κ2) is 8.79. The van der Waals surface area contributed by atoms with Crippen LogP contribution in [0.4, 0.5) is 5.82 Å². The summed E-state index contributed by atoms with van der Waals surface area (Å²) in [7, 11) is 1.58. The van der Waals surface area contributed by atoms with Crippen LogP contribution in [-0.2, 0) is 6.42 Å². The van der Waals surface area contributed by atoms with Crippen LogP contribution in [0.2, 0.25) is 0 Å². The van der Waals surface area contributed by atoms with Crippen LogP contribution in [-0.4, -0.2) is 46.6 Å². The number of nitrogens with zero attached hydrogens (tertiary/aromatic N) is 4. The second-order valence-corrected chi connectivity index (χ2v) is 8.18. The Bertz CT molecular complexity index is 1040. The van der Waals surface area contributed by atoms with E-state index in [2.05, 4.69) is 29.1 Å². The zero-order valence-electron chi connectivity index (χ0n) is 17.9. The van der Waals surface area contributed by atoms with Crippen LogP contribution >= 0.6 is 0 Å². The molecule has 1 aromatic carbocycles. The van der Waals surface area contributed by atoms with Crippen LogP contribution in [0.25, 0.3) is 11.3 Å². The van der Waals surface area contributed by atoms with E-state index in [1.165, 1.54) is 0 Å². The van der Waals surface area contributed by atoms with Gasteiger partial charge in [0.05, 0.1) is 13.0 Å². The zero-order valence-corrected chi connectivity index (χ0v) is 17.9. The van der Waals surface area contributed by atoms with Crippen LogP contribution in [0.5, 0.6) is 5.75 Å². The number of carbonyl (C=O) groups is 1. The first kappa shape index (κ1) is 20.9. The molecule has 4 rings (SSSR count). The van der Waals surface area contributed by atoms with Gasteiger partial charge in [0, 0.05) is 25.1 Å². The van der Waals surface area contributed by atoms with Crippen LogP contribution in [0.3, 0.4) is 0 Å². The van der Waals surface area contributed by atoms with Crippen LogP contribution < -0.4 is 9.64 Å². The quantitative estimate of drug-likeness (QED) is 0.598. The Balaban J connectivity index is 1.59. The Morgan fingerprint density at radius 2 is 2.03 bits per heavy atom. The Morgan fingerprint density at radius 3 is 2.71 bits per heavy atom. The number of hydrogen-bond donors (Lipinski definition) is 1. The van der Waals surface area contributed by atoms with Crippen molar-refractivity contribution in [3.8, 4) is 17.1 Å². The predicted molar refractivity (Wildman–Crippen MR) is 112 cm³/mol. The fraction of sp³-hybridized carbons (Fsp3) is 0.455. The molecule has 9 nitrogen and oxygen atoms in total. The SMILES string of the molecule is COc1ccc(-c2onc(N3CCCC(c4nc(CC(C)C)no4)C3)c2C(=O)O)cc1. The summed E-state index contributed by atoms with van der Waals surface area (Å²) in [6, 6.07) is 7.02. The topological polar surface area (TPSA) is 115 Å². The molecular formula is C22H26N4O5. The number of ether oxygens (including phenoxy) is 1. The van der Waals surface area contributed by atoms with Gasteiger partial charge in [-0.2, -0.15) is 4.98 Å². The van der Waals surface area contributed by atoms with Crippen molar-refractivity contribution in [3.63, 3.8) is 0 Å². The number of hydrogen-bond acceptors (Lipinski definition) is 8. The molecule has 0 amide bonds. The highest BCUT2D eigenvalue weighted by Gasteiger charge is 2.32. The number of piperidine rings is 1. The van der Waals surface area contributed by atoms with E-state index in [0.717, 1.165) is 19.3 Å². The maximum Gasteiger partial charge on any atom is 0.343 e. The van der Waals surface area contributed by atoms with Crippen molar-refractivity contribution in [2.75, 3.05) is 25.1 Å². The first-order chi connectivity index (χ1) is 15.0. The summed E-state index contributed by atoms with van der Waals surface area (Å²) in [6.07, 6.45) is 2.51. The molecule has 164 valence electrons. The Morgan fingerprint density at radius 1 is 1.26 bits per heavy atom. The van der Waals surface area contributed by atoms with Gasteiger partial charge >= 0.3 is 5.97 Å². The molecule has 3 aromatic rings. The Hall–Kier alpha value is -3.36. The number of aromatic nitrogens is 3. The molecule has 0 radical (unpaired) electrons. The summed E-state index contributed by atoms with van der Waals surface area (Å²) in [6.45, 7) is 5.43. The van der Waals surface area contributed by atoms with E-state index in [9.17, 15) is 9.90 Å². The molecular weight excluding hydrogens is 400 g/mol. The molecule has 1 fully saturated rings. The molecule has 1 atom stereocenters. The predicted octanol–water partition coefficient (Wildman–Crippen LogP) is 4.01. The third kappa shape index (κ3) is 4.40. The molecule has 0 spiro atoms.